The van der Waals surface area contributed by atoms with Crippen molar-refractivity contribution >= 4 is 33.4 Å². The first kappa shape index (κ1) is 15.7. The number of carbonyl (C=O) groups is 1. The maximum atomic E-state index is 13.9. The van der Waals surface area contributed by atoms with Crippen LogP contribution in [-0.4, -0.2) is 47.9 Å². The molecule has 110 valence electrons. The first-order chi connectivity index (χ1) is 9.40. The molecule has 1 aliphatic heterocycles. The van der Waals surface area contributed by atoms with Crippen LogP contribution in [0.5, 0.6) is 0 Å². The number of halogens is 3. The van der Waals surface area contributed by atoms with Gasteiger partial charge in [-0.05, 0) is 41.9 Å². The van der Waals surface area contributed by atoms with Gasteiger partial charge in [0, 0.05) is 36.7 Å². The molecule has 0 aliphatic carbocycles. The summed E-state index contributed by atoms with van der Waals surface area (Å²) in [5, 5.41) is 0.343. The zero-order valence-corrected chi connectivity index (χ0v) is 13.8. The minimum atomic E-state index is -0.544. The van der Waals surface area contributed by atoms with Crippen molar-refractivity contribution in [3.8, 4) is 0 Å². The Morgan fingerprint density at radius 2 is 1.90 bits per heavy atom. The van der Waals surface area contributed by atoms with E-state index in [0.717, 1.165) is 13.1 Å². The number of nitrogens with zero attached hydrogens (tertiary/aromatic N) is 2. The fraction of sp³-hybridized carbons (Fsp3) is 0.500. The molecule has 0 radical (unpaired) electrons. The molecule has 1 fully saturated rings. The topological polar surface area (TPSA) is 23.6 Å². The average molecular weight is 364 g/mol. The lowest BCUT2D eigenvalue weighted by Crippen LogP contribution is -2.50. The van der Waals surface area contributed by atoms with E-state index < -0.39 is 5.82 Å². The van der Waals surface area contributed by atoms with E-state index in [1.165, 1.54) is 12.1 Å². The average Bonchev–Trinajstić information content (AvgIpc) is 2.42. The number of hydrogen-bond donors (Lipinski definition) is 0. The minimum Gasteiger partial charge on any atom is -0.336 e. The normalized spacial score (nSPS) is 16.8. The maximum Gasteiger partial charge on any atom is 0.256 e. The predicted octanol–water partition coefficient (Wildman–Crippen LogP) is 3.41. The SMILES string of the molecule is CC(C)N1CCN(C(=O)c2cc(Cl)c(Br)cc2F)CC1. The standard InChI is InChI=1S/C14H17BrClFN2O/c1-9(2)18-3-5-19(6-4-18)14(20)10-7-12(16)11(15)8-13(10)17/h7-9H,3-6H2,1-2H3. The molecule has 2 rings (SSSR count). The van der Waals surface area contributed by atoms with Crippen LogP contribution in [0.15, 0.2) is 16.6 Å². The van der Waals surface area contributed by atoms with E-state index in [4.69, 9.17) is 11.6 Å². The van der Waals surface area contributed by atoms with E-state index in [0.29, 0.717) is 28.6 Å². The van der Waals surface area contributed by atoms with Gasteiger partial charge in [0.05, 0.1) is 10.6 Å². The molecule has 1 amide bonds. The minimum absolute atomic E-state index is 0.0381. The molecule has 1 aromatic carbocycles. The van der Waals surface area contributed by atoms with E-state index >= 15 is 0 Å². The summed E-state index contributed by atoms with van der Waals surface area (Å²) in [6, 6.07) is 3.09. The van der Waals surface area contributed by atoms with Gasteiger partial charge >= 0.3 is 0 Å². The van der Waals surface area contributed by atoms with E-state index in [2.05, 4.69) is 34.7 Å². The lowest BCUT2D eigenvalue weighted by Gasteiger charge is -2.37. The fourth-order valence-electron chi connectivity index (χ4n) is 2.30. The van der Waals surface area contributed by atoms with Gasteiger partial charge in [0.25, 0.3) is 5.91 Å². The summed E-state index contributed by atoms with van der Waals surface area (Å²) in [5.41, 5.74) is 0.0381. The van der Waals surface area contributed by atoms with E-state index in [1.54, 1.807) is 4.90 Å². The second kappa shape index (κ2) is 6.41. The number of piperazine rings is 1. The Morgan fingerprint density at radius 1 is 1.30 bits per heavy atom. The monoisotopic (exact) mass is 362 g/mol. The van der Waals surface area contributed by atoms with Gasteiger partial charge in [-0.2, -0.15) is 0 Å². The third kappa shape index (κ3) is 3.32. The van der Waals surface area contributed by atoms with E-state index in [1.807, 2.05) is 0 Å². The second-order valence-electron chi connectivity index (χ2n) is 5.17. The van der Waals surface area contributed by atoms with Crippen molar-refractivity contribution < 1.29 is 9.18 Å². The summed E-state index contributed by atoms with van der Waals surface area (Å²) >= 11 is 9.09. The second-order valence-corrected chi connectivity index (χ2v) is 6.43. The molecule has 3 nitrogen and oxygen atoms in total. The predicted molar refractivity (Wildman–Crippen MR) is 81.7 cm³/mol. The van der Waals surface area contributed by atoms with Crippen molar-refractivity contribution in [3.05, 3.63) is 33.0 Å². The van der Waals surface area contributed by atoms with Crippen LogP contribution in [0.3, 0.4) is 0 Å². The van der Waals surface area contributed by atoms with Gasteiger partial charge in [0.1, 0.15) is 5.82 Å². The number of benzene rings is 1. The third-order valence-corrected chi connectivity index (χ3v) is 4.77. The van der Waals surface area contributed by atoms with Gasteiger partial charge in [-0.1, -0.05) is 11.6 Å². The van der Waals surface area contributed by atoms with Crippen LogP contribution >= 0.6 is 27.5 Å². The molecular formula is C14H17BrClFN2O. The molecule has 1 heterocycles. The summed E-state index contributed by atoms with van der Waals surface area (Å²) in [6.07, 6.45) is 0. The van der Waals surface area contributed by atoms with Crippen molar-refractivity contribution in [1.82, 2.24) is 9.80 Å². The highest BCUT2D eigenvalue weighted by Gasteiger charge is 2.25. The third-order valence-electron chi connectivity index (χ3n) is 3.57. The summed E-state index contributed by atoms with van der Waals surface area (Å²) in [6.45, 7) is 7.12. The molecule has 1 saturated heterocycles. The van der Waals surface area contributed by atoms with Crippen LogP contribution in [0.4, 0.5) is 4.39 Å². The number of amides is 1. The molecule has 1 aromatic rings. The van der Waals surface area contributed by atoms with Crippen molar-refractivity contribution in [2.24, 2.45) is 0 Å². The Hall–Kier alpha value is -0.650. The lowest BCUT2D eigenvalue weighted by atomic mass is 10.1. The molecule has 0 saturated carbocycles. The van der Waals surface area contributed by atoms with Gasteiger partial charge < -0.3 is 4.90 Å². The number of rotatable bonds is 2. The summed E-state index contributed by atoms with van der Waals surface area (Å²) < 4.78 is 14.4. The Labute approximate surface area is 131 Å². The van der Waals surface area contributed by atoms with Gasteiger partial charge in [-0.3, -0.25) is 9.69 Å². The smallest absolute Gasteiger partial charge is 0.256 e. The van der Waals surface area contributed by atoms with Crippen LogP contribution in [0, 0.1) is 5.82 Å². The summed E-state index contributed by atoms with van der Waals surface area (Å²) in [7, 11) is 0. The van der Waals surface area contributed by atoms with E-state index in [9.17, 15) is 9.18 Å². The maximum absolute atomic E-state index is 13.9. The van der Waals surface area contributed by atoms with Gasteiger partial charge in [0.15, 0.2) is 0 Å². The highest BCUT2D eigenvalue weighted by atomic mass is 79.9. The van der Waals surface area contributed by atoms with Gasteiger partial charge in [-0.25, -0.2) is 4.39 Å². The molecule has 0 bridgehead atoms. The van der Waals surface area contributed by atoms with Crippen molar-refractivity contribution in [3.63, 3.8) is 0 Å². The Kier molecular flexibility index (Phi) is 5.04. The first-order valence-corrected chi connectivity index (χ1v) is 7.75. The van der Waals surface area contributed by atoms with Crippen molar-refractivity contribution in [1.29, 1.82) is 0 Å². The quantitative estimate of drug-likeness (QED) is 0.752. The molecule has 0 N–H and O–H groups in total. The highest BCUT2D eigenvalue weighted by molar-refractivity contribution is 9.10. The molecule has 0 unspecified atom stereocenters. The largest absolute Gasteiger partial charge is 0.336 e. The van der Waals surface area contributed by atoms with Crippen LogP contribution in [0.25, 0.3) is 0 Å². The highest BCUT2D eigenvalue weighted by Crippen LogP contribution is 2.26. The fourth-order valence-corrected chi connectivity index (χ4v) is 2.78. The van der Waals surface area contributed by atoms with Gasteiger partial charge in [0.2, 0.25) is 0 Å². The molecule has 0 atom stereocenters. The van der Waals surface area contributed by atoms with Crippen LogP contribution < -0.4 is 0 Å². The number of carbonyl (C=O) groups excluding carboxylic acids is 1. The van der Waals surface area contributed by atoms with Crippen molar-refractivity contribution in [2.75, 3.05) is 26.2 Å². The lowest BCUT2D eigenvalue weighted by molar-refractivity contribution is 0.0591. The van der Waals surface area contributed by atoms with Crippen LogP contribution in [0.1, 0.15) is 24.2 Å². The van der Waals surface area contributed by atoms with Crippen LogP contribution in [-0.2, 0) is 0 Å². The Balaban J connectivity index is 2.11. The summed E-state index contributed by atoms with van der Waals surface area (Å²) in [4.78, 5) is 16.3. The summed E-state index contributed by atoms with van der Waals surface area (Å²) in [5.74, 6) is -0.835. The molecular weight excluding hydrogens is 347 g/mol. The number of hydrogen-bond acceptors (Lipinski definition) is 2. The molecule has 1 aliphatic rings. The zero-order chi connectivity index (χ0) is 14.9. The Bertz CT molecular complexity index is 516. The van der Waals surface area contributed by atoms with Crippen molar-refractivity contribution in [2.45, 2.75) is 19.9 Å². The van der Waals surface area contributed by atoms with Crippen LogP contribution in [0.2, 0.25) is 5.02 Å². The molecule has 6 heteroatoms. The Morgan fingerprint density at radius 3 is 2.45 bits per heavy atom. The molecule has 20 heavy (non-hydrogen) atoms. The van der Waals surface area contributed by atoms with E-state index in [-0.39, 0.29) is 11.5 Å². The van der Waals surface area contributed by atoms with Gasteiger partial charge in [-0.15, -0.1) is 0 Å². The zero-order valence-electron chi connectivity index (χ0n) is 11.5. The first-order valence-electron chi connectivity index (χ1n) is 6.58. The molecule has 0 aromatic heterocycles. The molecule has 0 spiro atoms.